The van der Waals surface area contributed by atoms with Crippen LogP contribution in [0, 0.1) is 6.92 Å². The minimum atomic E-state index is -0.304. The topological polar surface area (TPSA) is 44.8 Å². The lowest BCUT2D eigenvalue weighted by molar-refractivity contribution is 0.0476. The molecule has 0 radical (unpaired) electrons. The number of hydrogen-bond donors (Lipinski definition) is 0. The quantitative estimate of drug-likeness (QED) is 0.784. The fourth-order valence-corrected chi connectivity index (χ4v) is 3.11. The molecule has 0 bridgehead atoms. The number of carbonyl (C=O) groups excluding carboxylic acids is 1. The van der Waals surface area contributed by atoms with Crippen molar-refractivity contribution in [1.29, 1.82) is 0 Å². The molecule has 6 heteroatoms. The van der Waals surface area contributed by atoms with Gasteiger partial charge in [0, 0.05) is 10.0 Å². The average Bonchev–Trinajstić information content (AvgIpc) is 3.04. The molecular formula is C14H11BrO4S. The summed E-state index contributed by atoms with van der Waals surface area (Å²) in [6.45, 7) is 2.30. The van der Waals surface area contributed by atoms with Crippen LogP contribution in [0.4, 0.5) is 0 Å². The number of fused-ring (bicyclic) bond motifs is 1. The zero-order chi connectivity index (χ0) is 14.1. The van der Waals surface area contributed by atoms with Crippen LogP contribution >= 0.6 is 27.3 Å². The summed E-state index contributed by atoms with van der Waals surface area (Å²) in [4.78, 5) is 12.6. The van der Waals surface area contributed by atoms with E-state index in [4.69, 9.17) is 14.2 Å². The molecule has 1 aliphatic heterocycles. The highest BCUT2D eigenvalue weighted by Crippen LogP contribution is 2.37. The number of rotatable bonds is 3. The van der Waals surface area contributed by atoms with Crippen LogP contribution in [-0.4, -0.2) is 12.8 Å². The second-order valence-corrected chi connectivity index (χ2v) is 6.08. The molecule has 0 fully saturated rings. The van der Waals surface area contributed by atoms with Crippen LogP contribution in [0.5, 0.6) is 11.5 Å². The van der Waals surface area contributed by atoms with E-state index in [1.165, 1.54) is 11.3 Å². The smallest absolute Gasteiger partial charge is 0.348 e. The SMILES string of the molecule is Cc1ccsc1C(=O)OCc1cc2c(cc1Br)OCO2. The Bertz CT molecular complexity index is 665. The molecule has 0 amide bonds. The van der Waals surface area contributed by atoms with Crippen molar-refractivity contribution in [2.24, 2.45) is 0 Å². The van der Waals surface area contributed by atoms with Gasteiger partial charge in [-0.2, -0.15) is 0 Å². The first-order valence-corrected chi connectivity index (χ1v) is 7.61. The Kier molecular flexibility index (Phi) is 3.67. The lowest BCUT2D eigenvalue weighted by Gasteiger charge is -2.07. The molecule has 0 atom stereocenters. The third kappa shape index (κ3) is 2.53. The van der Waals surface area contributed by atoms with Gasteiger partial charge in [0.25, 0.3) is 0 Å². The number of aryl methyl sites for hydroxylation is 1. The zero-order valence-corrected chi connectivity index (χ0v) is 13.0. The van der Waals surface area contributed by atoms with Gasteiger partial charge >= 0.3 is 5.97 Å². The standard InChI is InChI=1S/C14H11BrO4S/c1-8-2-3-20-13(8)14(16)17-6-9-4-11-12(5-10(9)15)19-7-18-11/h2-5H,6-7H2,1H3. The Morgan fingerprint density at radius 1 is 1.40 bits per heavy atom. The first kappa shape index (κ1) is 13.5. The Morgan fingerprint density at radius 2 is 2.15 bits per heavy atom. The van der Waals surface area contributed by atoms with Crippen molar-refractivity contribution >= 4 is 33.2 Å². The molecule has 2 heterocycles. The van der Waals surface area contributed by atoms with Gasteiger partial charge in [0.1, 0.15) is 11.5 Å². The minimum Gasteiger partial charge on any atom is -0.457 e. The van der Waals surface area contributed by atoms with E-state index >= 15 is 0 Å². The maximum Gasteiger partial charge on any atom is 0.348 e. The van der Waals surface area contributed by atoms with Crippen LogP contribution < -0.4 is 9.47 Å². The summed E-state index contributed by atoms with van der Waals surface area (Å²) < 4.78 is 16.8. The third-order valence-corrected chi connectivity index (χ3v) is 4.68. The molecule has 104 valence electrons. The highest BCUT2D eigenvalue weighted by molar-refractivity contribution is 9.10. The molecule has 1 aliphatic rings. The van der Waals surface area contributed by atoms with Crippen molar-refractivity contribution in [2.75, 3.05) is 6.79 Å². The molecule has 0 saturated heterocycles. The molecule has 0 saturated carbocycles. The lowest BCUT2D eigenvalue weighted by atomic mass is 10.2. The number of hydrogen-bond acceptors (Lipinski definition) is 5. The summed E-state index contributed by atoms with van der Waals surface area (Å²) >= 11 is 4.83. The molecule has 0 aliphatic carbocycles. The maximum absolute atomic E-state index is 12.0. The Balaban J connectivity index is 1.73. The number of benzene rings is 1. The molecule has 1 aromatic carbocycles. The van der Waals surface area contributed by atoms with Gasteiger partial charge in [-0.25, -0.2) is 4.79 Å². The number of carbonyl (C=O) groups is 1. The molecule has 0 unspecified atom stereocenters. The van der Waals surface area contributed by atoms with E-state index in [2.05, 4.69) is 15.9 Å². The molecule has 1 aromatic heterocycles. The minimum absolute atomic E-state index is 0.188. The number of halogens is 1. The van der Waals surface area contributed by atoms with Crippen LogP contribution in [0.25, 0.3) is 0 Å². The second-order valence-electron chi connectivity index (χ2n) is 4.31. The fraction of sp³-hybridized carbons (Fsp3) is 0.214. The molecule has 0 N–H and O–H groups in total. The van der Waals surface area contributed by atoms with E-state index < -0.39 is 0 Å². The Morgan fingerprint density at radius 3 is 2.85 bits per heavy atom. The Labute approximate surface area is 128 Å². The van der Waals surface area contributed by atoms with E-state index in [1.807, 2.05) is 30.5 Å². The van der Waals surface area contributed by atoms with Crippen molar-refractivity contribution in [2.45, 2.75) is 13.5 Å². The van der Waals surface area contributed by atoms with Crippen LogP contribution in [-0.2, 0) is 11.3 Å². The summed E-state index contributed by atoms with van der Waals surface area (Å²) in [7, 11) is 0. The van der Waals surface area contributed by atoms with E-state index in [0.29, 0.717) is 16.4 Å². The van der Waals surface area contributed by atoms with Crippen LogP contribution in [0.3, 0.4) is 0 Å². The van der Waals surface area contributed by atoms with Gasteiger partial charge in [0.15, 0.2) is 11.5 Å². The Hall–Kier alpha value is -1.53. The predicted molar refractivity (Wildman–Crippen MR) is 78.4 cm³/mol. The molecule has 2 aromatic rings. The monoisotopic (exact) mass is 354 g/mol. The largest absolute Gasteiger partial charge is 0.457 e. The predicted octanol–water partition coefficient (Wildman–Crippen LogP) is 3.90. The first-order chi connectivity index (χ1) is 9.65. The zero-order valence-electron chi connectivity index (χ0n) is 10.6. The van der Waals surface area contributed by atoms with Gasteiger partial charge in [0.2, 0.25) is 6.79 Å². The number of thiophene rings is 1. The highest BCUT2D eigenvalue weighted by atomic mass is 79.9. The molecule has 3 rings (SSSR count). The fourth-order valence-electron chi connectivity index (χ4n) is 1.86. The van der Waals surface area contributed by atoms with Crippen LogP contribution in [0.2, 0.25) is 0 Å². The van der Waals surface area contributed by atoms with Crippen LogP contribution in [0.15, 0.2) is 28.1 Å². The van der Waals surface area contributed by atoms with Crippen molar-refractivity contribution in [3.8, 4) is 11.5 Å². The molecule has 0 spiro atoms. The number of esters is 1. The van der Waals surface area contributed by atoms with Gasteiger partial charge in [-0.15, -0.1) is 11.3 Å². The van der Waals surface area contributed by atoms with E-state index in [1.54, 1.807) is 0 Å². The number of ether oxygens (including phenoxy) is 3. The van der Waals surface area contributed by atoms with Gasteiger partial charge < -0.3 is 14.2 Å². The summed E-state index contributed by atoms with van der Waals surface area (Å²) in [5.74, 6) is 1.06. The second kappa shape index (κ2) is 5.46. The van der Waals surface area contributed by atoms with E-state index in [-0.39, 0.29) is 19.4 Å². The van der Waals surface area contributed by atoms with E-state index in [0.717, 1.165) is 15.6 Å². The van der Waals surface area contributed by atoms with Crippen molar-refractivity contribution in [1.82, 2.24) is 0 Å². The van der Waals surface area contributed by atoms with Gasteiger partial charge in [0.05, 0.1) is 0 Å². The summed E-state index contributed by atoms with van der Waals surface area (Å²) in [6.07, 6.45) is 0. The van der Waals surface area contributed by atoms with Crippen LogP contribution in [0.1, 0.15) is 20.8 Å². The van der Waals surface area contributed by atoms with Crippen molar-refractivity contribution in [3.05, 3.63) is 44.1 Å². The van der Waals surface area contributed by atoms with Gasteiger partial charge in [-0.1, -0.05) is 15.9 Å². The lowest BCUT2D eigenvalue weighted by Crippen LogP contribution is -2.05. The first-order valence-electron chi connectivity index (χ1n) is 5.94. The highest BCUT2D eigenvalue weighted by Gasteiger charge is 2.18. The van der Waals surface area contributed by atoms with Gasteiger partial charge in [-0.3, -0.25) is 0 Å². The molecule has 20 heavy (non-hydrogen) atoms. The summed E-state index contributed by atoms with van der Waals surface area (Å²) in [6, 6.07) is 5.54. The normalized spacial score (nSPS) is 12.5. The summed E-state index contributed by atoms with van der Waals surface area (Å²) in [5, 5.41) is 1.88. The molecular weight excluding hydrogens is 344 g/mol. The van der Waals surface area contributed by atoms with Crippen molar-refractivity contribution in [3.63, 3.8) is 0 Å². The summed E-state index contributed by atoms with van der Waals surface area (Å²) in [5.41, 5.74) is 1.78. The average molecular weight is 355 g/mol. The molecule has 4 nitrogen and oxygen atoms in total. The van der Waals surface area contributed by atoms with Crippen molar-refractivity contribution < 1.29 is 19.0 Å². The van der Waals surface area contributed by atoms with Gasteiger partial charge in [-0.05, 0) is 36.1 Å². The maximum atomic E-state index is 12.0. The van der Waals surface area contributed by atoms with E-state index in [9.17, 15) is 4.79 Å². The third-order valence-electron chi connectivity index (χ3n) is 2.95.